The normalized spacial score (nSPS) is 21.1. The van der Waals surface area contributed by atoms with Crippen LogP contribution in [0.15, 0.2) is 18.2 Å². The average molecular weight is 275 g/mol. The summed E-state index contributed by atoms with van der Waals surface area (Å²) in [5, 5.41) is 0. The number of rotatable bonds is 2. The summed E-state index contributed by atoms with van der Waals surface area (Å²) in [6.07, 6.45) is 2.61. The third-order valence-corrected chi connectivity index (χ3v) is 4.42. The molecule has 1 fully saturated rings. The van der Waals surface area contributed by atoms with Gasteiger partial charge in [-0.05, 0) is 69.2 Å². The topological polar surface area (TPSA) is 24.0 Å². The second-order valence-corrected chi connectivity index (χ2v) is 6.22. The van der Waals surface area contributed by atoms with Gasteiger partial charge in [-0.2, -0.15) is 0 Å². The summed E-state index contributed by atoms with van der Waals surface area (Å²) in [5.41, 5.74) is 3.69. The van der Waals surface area contributed by atoms with E-state index in [2.05, 4.69) is 46.6 Å². The van der Waals surface area contributed by atoms with Crippen LogP contribution in [0.2, 0.25) is 0 Å². The molecule has 1 N–H and O–H groups in total. The molecule has 4 heteroatoms. The standard InChI is InChI=1S/C15H21N3S/c1-11-5-6-13-14(8-11)18(15(19)16-13)10-12-4-3-7-17(2)9-12/h5-6,8,12H,3-4,7,9-10H2,1-2H3,(H,16,19). The summed E-state index contributed by atoms with van der Waals surface area (Å²) in [5.74, 6) is 0.713. The number of H-pyrrole nitrogens is 1. The molecule has 0 spiro atoms. The highest BCUT2D eigenvalue weighted by Crippen LogP contribution is 2.21. The molecule has 0 saturated carbocycles. The SMILES string of the molecule is Cc1ccc2[nH]c(=S)n(CC3CCCN(C)C3)c2c1. The van der Waals surface area contributed by atoms with Gasteiger partial charge in [0, 0.05) is 13.1 Å². The van der Waals surface area contributed by atoms with Gasteiger partial charge in [-0.15, -0.1) is 0 Å². The van der Waals surface area contributed by atoms with Gasteiger partial charge in [0.25, 0.3) is 0 Å². The van der Waals surface area contributed by atoms with Crippen LogP contribution in [0.4, 0.5) is 0 Å². The highest BCUT2D eigenvalue weighted by atomic mass is 32.1. The van der Waals surface area contributed by atoms with Crippen LogP contribution < -0.4 is 0 Å². The fourth-order valence-electron chi connectivity index (χ4n) is 3.12. The molecule has 102 valence electrons. The van der Waals surface area contributed by atoms with Crippen molar-refractivity contribution in [2.45, 2.75) is 26.3 Å². The Balaban J connectivity index is 1.93. The smallest absolute Gasteiger partial charge is 0.178 e. The quantitative estimate of drug-likeness (QED) is 0.850. The lowest BCUT2D eigenvalue weighted by molar-refractivity contribution is 0.195. The molecule has 0 aliphatic carbocycles. The van der Waals surface area contributed by atoms with E-state index in [9.17, 15) is 0 Å². The van der Waals surface area contributed by atoms with E-state index < -0.39 is 0 Å². The molecule has 1 unspecified atom stereocenters. The second kappa shape index (κ2) is 5.10. The minimum Gasteiger partial charge on any atom is -0.331 e. The molecule has 2 heterocycles. The van der Waals surface area contributed by atoms with Gasteiger partial charge in [0.05, 0.1) is 11.0 Å². The predicted octanol–water partition coefficient (Wildman–Crippen LogP) is 3.35. The van der Waals surface area contributed by atoms with Crippen molar-refractivity contribution in [3.8, 4) is 0 Å². The second-order valence-electron chi connectivity index (χ2n) is 5.83. The lowest BCUT2D eigenvalue weighted by Crippen LogP contribution is -2.34. The van der Waals surface area contributed by atoms with Gasteiger partial charge in [-0.3, -0.25) is 0 Å². The maximum Gasteiger partial charge on any atom is 0.178 e. The molecular formula is C15H21N3S. The Labute approximate surface area is 119 Å². The molecule has 1 aromatic carbocycles. The molecule has 1 saturated heterocycles. The van der Waals surface area contributed by atoms with Crippen molar-refractivity contribution >= 4 is 23.3 Å². The molecule has 1 aliphatic rings. The van der Waals surface area contributed by atoms with E-state index >= 15 is 0 Å². The first-order chi connectivity index (χ1) is 9.13. The number of fused-ring (bicyclic) bond motifs is 1. The van der Waals surface area contributed by atoms with E-state index in [1.807, 2.05) is 0 Å². The van der Waals surface area contributed by atoms with Crippen LogP contribution in [0.1, 0.15) is 18.4 Å². The van der Waals surface area contributed by atoms with Crippen molar-refractivity contribution in [1.29, 1.82) is 0 Å². The number of benzene rings is 1. The Morgan fingerprint density at radius 1 is 1.42 bits per heavy atom. The van der Waals surface area contributed by atoms with E-state index in [1.165, 1.54) is 37.0 Å². The van der Waals surface area contributed by atoms with E-state index in [4.69, 9.17) is 12.2 Å². The molecule has 3 nitrogen and oxygen atoms in total. The van der Waals surface area contributed by atoms with E-state index in [-0.39, 0.29) is 0 Å². The molecule has 1 atom stereocenters. The molecule has 1 aliphatic heterocycles. The van der Waals surface area contributed by atoms with E-state index in [1.54, 1.807) is 0 Å². The van der Waals surface area contributed by atoms with Crippen molar-refractivity contribution in [3.05, 3.63) is 28.5 Å². The maximum atomic E-state index is 5.49. The maximum absolute atomic E-state index is 5.49. The minimum atomic E-state index is 0.713. The average Bonchev–Trinajstić information content (AvgIpc) is 2.66. The number of hydrogen-bond acceptors (Lipinski definition) is 2. The fourth-order valence-corrected chi connectivity index (χ4v) is 3.41. The number of aryl methyl sites for hydroxylation is 1. The highest BCUT2D eigenvalue weighted by Gasteiger charge is 2.18. The molecule has 0 amide bonds. The van der Waals surface area contributed by atoms with Crippen molar-refractivity contribution < 1.29 is 0 Å². The third kappa shape index (κ3) is 2.60. The van der Waals surface area contributed by atoms with E-state index in [0.29, 0.717) is 5.92 Å². The summed E-state index contributed by atoms with van der Waals surface area (Å²) in [6, 6.07) is 6.49. The first kappa shape index (κ1) is 12.9. The minimum absolute atomic E-state index is 0.713. The van der Waals surface area contributed by atoms with Gasteiger partial charge >= 0.3 is 0 Å². The molecular weight excluding hydrogens is 254 g/mol. The summed E-state index contributed by atoms with van der Waals surface area (Å²) in [6.45, 7) is 5.58. The number of aromatic amines is 1. The number of nitrogens with one attached hydrogen (secondary N) is 1. The third-order valence-electron chi connectivity index (χ3n) is 4.09. The Hall–Kier alpha value is -1.13. The molecule has 1 aromatic heterocycles. The van der Waals surface area contributed by atoms with Gasteiger partial charge in [0.2, 0.25) is 0 Å². The molecule has 3 rings (SSSR count). The summed E-state index contributed by atoms with van der Waals surface area (Å²) in [7, 11) is 2.21. The largest absolute Gasteiger partial charge is 0.331 e. The lowest BCUT2D eigenvalue weighted by atomic mass is 9.98. The number of aromatic nitrogens is 2. The van der Waals surface area contributed by atoms with Crippen molar-refractivity contribution in [1.82, 2.24) is 14.5 Å². The van der Waals surface area contributed by atoms with Gasteiger partial charge in [0.1, 0.15) is 0 Å². The van der Waals surface area contributed by atoms with Crippen LogP contribution in [-0.2, 0) is 6.54 Å². The zero-order valence-corrected chi connectivity index (χ0v) is 12.5. The van der Waals surface area contributed by atoms with Crippen LogP contribution in [0.5, 0.6) is 0 Å². The molecule has 0 radical (unpaired) electrons. The van der Waals surface area contributed by atoms with Crippen molar-refractivity contribution in [2.75, 3.05) is 20.1 Å². The molecule has 2 aromatic rings. The Morgan fingerprint density at radius 2 is 2.26 bits per heavy atom. The van der Waals surface area contributed by atoms with Crippen molar-refractivity contribution in [3.63, 3.8) is 0 Å². The Morgan fingerprint density at radius 3 is 3.05 bits per heavy atom. The van der Waals surface area contributed by atoms with Crippen LogP contribution in [-0.4, -0.2) is 34.6 Å². The predicted molar refractivity (Wildman–Crippen MR) is 82.1 cm³/mol. The van der Waals surface area contributed by atoms with Gasteiger partial charge in [-0.25, -0.2) is 0 Å². The highest BCUT2D eigenvalue weighted by molar-refractivity contribution is 7.71. The van der Waals surface area contributed by atoms with Crippen LogP contribution in [0.25, 0.3) is 11.0 Å². The Kier molecular flexibility index (Phi) is 3.46. The van der Waals surface area contributed by atoms with Crippen LogP contribution in [0.3, 0.4) is 0 Å². The number of hydrogen-bond donors (Lipinski definition) is 1. The van der Waals surface area contributed by atoms with Crippen LogP contribution >= 0.6 is 12.2 Å². The van der Waals surface area contributed by atoms with Gasteiger partial charge in [0.15, 0.2) is 4.77 Å². The van der Waals surface area contributed by atoms with Gasteiger partial charge in [-0.1, -0.05) is 6.07 Å². The first-order valence-electron chi connectivity index (χ1n) is 7.01. The lowest BCUT2D eigenvalue weighted by Gasteiger charge is -2.29. The van der Waals surface area contributed by atoms with Gasteiger partial charge < -0.3 is 14.5 Å². The van der Waals surface area contributed by atoms with Crippen LogP contribution in [0, 0.1) is 17.6 Å². The number of nitrogens with zero attached hydrogens (tertiary/aromatic N) is 2. The fraction of sp³-hybridized carbons (Fsp3) is 0.533. The summed E-state index contributed by atoms with van der Waals surface area (Å²) >= 11 is 5.49. The number of piperidine rings is 1. The zero-order chi connectivity index (χ0) is 13.4. The van der Waals surface area contributed by atoms with Crippen molar-refractivity contribution in [2.24, 2.45) is 5.92 Å². The zero-order valence-electron chi connectivity index (χ0n) is 11.6. The molecule has 0 bridgehead atoms. The number of imidazole rings is 1. The van der Waals surface area contributed by atoms with E-state index in [0.717, 1.165) is 16.8 Å². The summed E-state index contributed by atoms with van der Waals surface area (Å²) in [4.78, 5) is 5.75. The monoisotopic (exact) mass is 275 g/mol. The molecule has 19 heavy (non-hydrogen) atoms. The summed E-state index contributed by atoms with van der Waals surface area (Å²) < 4.78 is 3.13. The first-order valence-corrected chi connectivity index (χ1v) is 7.42. The Bertz CT molecular complexity index is 640. The number of likely N-dealkylation sites (tertiary alicyclic amines) is 1.